The van der Waals surface area contributed by atoms with Crippen molar-refractivity contribution in [3.8, 4) is 10.6 Å². The van der Waals surface area contributed by atoms with Crippen LogP contribution in [0.15, 0.2) is 10.2 Å². The third-order valence-electron chi connectivity index (χ3n) is 2.94. The molecule has 0 aliphatic heterocycles. The molecule has 0 radical (unpaired) electrons. The first-order chi connectivity index (χ1) is 9.08. The van der Waals surface area contributed by atoms with Crippen LogP contribution in [0.3, 0.4) is 0 Å². The number of aromatic amines is 1. The van der Waals surface area contributed by atoms with Gasteiger partial charge in [0, 0.05) is 12.3 Å². The van der Waals surface area contributed by atoms with Gasteiger partial charge in [0.25, 0.3) is 5.56 Å². The number of hydrogen-bond acceptors (Lipinski definition) is 5. The Hall–Kier alpha value is -1.82. The number of hydrogen-bond donors (Lipinski definition) is 1. The number of carbonyl (C=O) groups is 1. The summed E-state index contributed by atoms with van der Waals surface area (Å²) >= 11 is 1.31. The second-order valence-corrected chi connectivity index (χ2v) is 5.01. The van der Waals surface area contributed by atoms with Gasteiger partial charge in [0.05, 0.1) is 11.3 Å². The maximum Gasteiger partial charge on any atom is 0.274 e. The average molecular weight is 277 g/mol. The SMILES string of the molecule is CCc1n[nH]c(=O)c(-c2nc(C(C)=O)cs2)c1CC. The Morgan fingerprint density at radius 3 is 2.63 bits per heavy atom. The topological polar surface area (TPSA) is 75.7 Å². The Morgan fingerprint density at radius 1 is 1.37 bits per heavy atom. The van der Waals surface area contributed by atoms with Crippen molar-refractivity contribution in [2.75, 3.05) is 0 Å². The third kappa shape index (κ3) is 2.49. The van der Waals surface area contributed by atoms with E-state index in [1.54, 1.807) is 5.38 Å². The van der Waals surface area contributed by atoms with Crippen LogP contribution in [0.2, 0.25) is 0 Å². The average Bonchev–Trinajstić information content (AvgIpc) is 2.87. The lowest BCUT2D eigenvalue weighted by atomic mass is 10.0. The Bertz CT molecular complexity index is 673. The normalized spacial score (nSPS) is 10.7. The van der Waals surface area contributed by atoms with E-state index in [2.05, 4.69) is 15.2 Å². The van der Waals surface area contributed by atoms with Crippen molar-refractivity contribution in [2.24, 2.45) is 0 Å². The molecule has 2 aromatic rings. The van der Waals surface area contributed by atoms with E-state index in [4.69, 9.17) is 0 Å². The standard InChI is InChI=1S/C13H15N3O2S/c1-4-8-9(5-2)15-16-12(18)11(8)13-14-10(6-19-13)7(3)17/h6H,4-5H2,1-3H3,(H,16,18). The van der Waals surface area contributed by atoms with Gasteiger partial charge >= 0.3 is 0 Å². The van der Waals surface area contributed by atoms with Gasteiger partial charge in [-0.2, -0.15) is 5.10 Å². The molecule has 0 aliphatic rings. The van der Waals surface area contributed by atoms with Crippen molar-refractivity contribution in [1.82, 2.24) is 15.2 Å². The maximum atomic E-state index is 12.0. The summed E-state index contributed by atoms with van der Waals surface area (Å²) in [4.78, 5) is 27.6. The molecule has 0 atom stereocenters. The monoisotopic (exact) mass is 277 g/mol. The largest absolute Gasteiger partial charge is 0.293 e. The number of ketones is 1. The molecule has 0 spiro atoms. The van der Waals surface area contributed by atoms with Crippen LogP contribution < -0.4 is 5.56 Å². The van der Waals surface area contributed by atoms with Crippen LogP contribution in [0, 0.1) is 0 Å². The van der Waals surface area contributed by atoms with Crippen molar-refractivity contribution in [3.05, 3.63) is 32.7 Å². The highest BCUT2D eigenvalue weighted by Gasteiger charge is 2.17. The summed E-state index contributed by atoms with van der Waals surface area (Å²) in [5.41, 5.74) is 2.48. The van der Waals surface area contributed by atoms with Crippen LogP contribution in [0.25, 0.3) is 10.6 Å². The Morgan fingerprint density at radius 2 is 2.11 bits per heavy atom. The summed E-state index contributed by atoms with van der Waals surface area (Å²) in [6.07, 6.45) is 1.46. The molecule has 0 fully saturated rings. The van der Waals surface area contributed by atoms with Gasteiger partial charge in [0.1, 0.15) is 10.7 Å². The van der Waals surface area contributed by atoms with E-state index in [0.717, 1.165) is 17.7 Å². The summed E-state index contributed by atoms with van der Waals surface area (Å²) in [7, 11) is 0. The van der Waals surface area contributed by atoms with Gasteiger partial charge in [-0.3, -0.25) is 9.59 Å². The molecule has 0 saturated carbocycles. The lowest BCUT2D eigenvalue weighted by Crippen LogP contribution is -2.16. The van der Waals surface area contributed by atoms with E-state index >= 15 is 0 Å². The molecule has 0 aromatic carbocycles. The lowest BCUT2D eigenvalue weighted by molar-refractivity contribution is 0.101. The quantitative estimate of drug-likeness (QED) is 0.869. The van der Waals surface area contributed by atoms with Crippen LogP contribution in [-0.4, -0.2) is 21.0 Å². The van der Waals surface area contributed by atoms with Crippen molar-refractivity contribution in [2.45, 2.75) is 33.6 Å². The highest BCUT2D eigenvalue weighted by molar-refractivity contribution is 7.13. The smallest absolute Gasteiger partial charge is 0.274 e. The molecule has 5 nitrogen and oxygen atoms in total. The number of H-pyrrole nitrogens is 1. The van der Waals surface area contributed by atoms with Crippen LogP contribution in [0.4, 0.5) is 0 Å². The molecular weight excluding hydrogens is 262 g/mol. The van der Waals surface area contributed by atoms with Crippen LogP contribution in [0.5, 0.6) is 0 Å². The second-order valence-electron chi connectivity index (χ2n) is 4.15. The Kier molecular flexibility index (Phi) is 3.90. The lowest BCUT2D eigenvalue weighted by Gasteiger charge is -2.07. The van der Waals surface area contributed by atoms with Gasteiger partial charge in [-0.25, -0.2) is 10.1 Å². The zero-order chi connectivity index (χ0) is 14.0. The molecule has 0 aliphatic carbocycles. The predicted octanol–water partition coefficient (Wildman–Crippen LogP) is 2.22. The van der Waals surface area contributed by atoms with Crippen molar-refractivity contribution < 1.29 is 4.79 Å². The zero-order valence-corrected chi connectivity index (χ0v) is 11.9. The predicted molar refractivity (Wildman–Crippen MR) is 74.7 cm³/mol. The summed E-state index contributed by atoms with van der Waals surface area (Å²) in [5, 5.41) is 8.84. The third-order valence-corrected chi connectivity index (χ3v) is 3.80. The first kappa shape index (κ1) is 13.6. The molecule has 0 unspecified atom stereocenters. The fraction of sp³-hybridized carbons (Fsp3) is 0.385. The second kappa shape index (κ2) is 5.44. The summed E-state index contributed by atoms with van der Waals surface area (Å²) < 4.78 is 0. The van der Waals surface area contributed by atoms with Crippen molar-refractivity contribution >= 4 is 17.1 Å². The number of thiazole rings is 1. The molecule has 6 heteroatoms. The van der Waals surface area contributed by atoms with E-state index in [0.29, 0.717) is 22.7 Å². The van der Waals surface area contributed by atoms with Gasteiger partial charge in [0.15, 0.2) is 5.78 Å². The number of rotatable bonds is 4. The number of Topliss-reactive ketones (excluding diaryl/α,β-unsaturated/α-hetero) is 1. The molecule has 2 rings (SSSR count). The number of carbonyl (C=O) groups excluding carboxylic acids is 1. The molecule has 2 aromatic heterocycles. The summed E-state index contributed by atoms with van der Waals surface area (Å²) in [6.45, 7) is 5.44. The van der Waals surface area contributed by atoms with E-state index in [1.807, 2.05) is 13.8 Å². The molecule has 100 valence electrons. The fourth-order valence-corrected chi connectivity index (χ4v) is 2.90. The molecule has 0 saturated heterocycles. The van der Waals surface area contributed by atoms with E-state index < -0.39 is 0 Å². The summed E-state index contributed by atoms with van der Waals surface area (Å²) in [6, 6.07) is 0. The van der Waals surface area contributed by atoms with Crippen LogP contribution in [-0.2, 0) is 12.8 Å². The van der Waals surface area contributed by atoms with Gasteiger partial charge < -0.3 is 0 Å². The number of aromatic nitrogens is 3. The maximum absolute atomic E-state index is 12.0. The number of aryl methyl sites for hydroxylation is 1. The minimum absolute atomic E-state index is 0.0956. The first-order valence-corrected chi connectivity index (χ1v) is 7.03. The van der Waals surface area contributed by atoms with Gasteiger partial charge in [-0.05, 0) is 18.4 Å². The molecule has 0 bridgehead atoms. The van der Waals surface area contributed by atoms with Crippen molar-refractivity contribution in [3.63, 3.8) is 0 Å². The fourth-order valence-electron chi connectivity index (χ4n) is 1.97. The number of nitrogens with zero attached hydrogens (tertiary/aromatic N) is 2. The number of nitrogens with one attached hydrogen (secondary N) is 1. The first-order valence-electron chi connectivity index (χ1n) is 6.15. The highest BCUT2D eigenvalue weighted by Crippen LogP contribution is 2.25. The van der Waals surface area contributed by atoms with Crippen molar-refractivity contribution in [1.29, 1.82) is 0 Å². The van der Waals surface area contributed by atoms with E-state index in [1.165, 1.54) is 18.3 Å². The van der Waals surface area contributed by atoms with Gasteiger partial charge in [0.2, 0.25) is 0 Å². The molecule has 19 heavy (non-hydrogen) atoms. The molecule has 0 amide bonds. The van der Waals surface area contributed by atoms with Crippen LogP contribution in [0.1, 0.15) is 42.5 Å². The minimum Gasteiger partial charge on any atom is -0.293 e. The van der Waals surface area contributed by atoms with E-state index in [-0.39, 0.29) is 11.3 Å². The molecule has 2 heterocycles. The van der Waals surface area contributed by atoms with Crippen LogP contribution >= 0.6 is 11.3 Å². The van der Waals surface area contributed by atoms with Gasteiger partial charge in [-0.15, -0.1) is 11.3 Å². The summed E-state index contributed by atoms with van der Waals surface area (Å²) in [5.74, 6) is -0.0956. The molecular formula is C13H15N3O2S. The Balaban J connectivity index is 2.66. The minimum atomic E-state index is -0.251. The highest BCUT2D eigenvalue weighted by atomic mass is 32.1. The van der Waals surface area contributed by atoms with E-state index in [9.17, 15) is 9.59 Å². The zero-order valence-electron chi connectivity index (χ0n) is 11.1. The molecule has 1 N–H and O–H groups in total. The van der Waals surface area contributed by atoms with Gasteiger partial charge in [-0.1, -0.05) is 13.8 Å². The Labute approximate surface area is 114 Å².